The van der Waals surface area contributed by atoms with Gasteiger partial charge < -0.3 is 15.4 Å². The molecule has 2 N–H and O–H groups in total. The quantitative estimate of drug-likeness (QED) is 0.246. The number of aromatic nitrogens is 3. The first kappa shape index (κ1) is 29.8. The van der Waals surface area contributed by atoms with E-state index in [9.17, 15) is 27.2 Å². The fourth-order valence-electron chi connectivity index (χ4n) is 7.10. The van der Waals surface area contributed by atoms with E-state index >= 15 is 4.39 Å². The zero-order chi connectivity index (χ0) is 31.7. The fourth-order valence-corrected chi connectivity index (χ4v) is 7.86. The molecule has 2 aromatic carbocycles. The summed E-state index contributed by atoms with van der Waals surface area (Å²) in [5.74, 6) is -2.47. The first-order chi connectivity index (χ1) is 21.5. The van der Waals surface area contributed by atoms with Gasteiger partial charge in [-0.05, 0) is 50.4 Å². The number of nitriles is 1. The molecule has 0 spiro atoms. The van der Waals surface area contributed by atoms with Crippen molar-refractivity contribution in [2.75, 3.05) is 43.4 Å². The highest BCUT2D eigenvalue weighted by Crippen LogP contribution is 2.46. The molecule has 3 aliphatic rings. The molecule has 3 saturated heterocycles. The van der Waals surface area contributed by atoms with E-state index in [0.29, 0.717) is 32.4 Å². The van der Waals surface area contributed by atoms with Crippen molar-refractivity contribution in [1.82, 2.24) is 19.9 Å². The number of nitrogens with zero attached hydrogens (tertiary/aromatic N) is 6. The number of nitrogens with two attached hydrogens (primary N) is 1. The van der Waals surface area contributed by atoms with Gasteiger partial charge in [-0.15, -0.1) is 0 Å². The first-order valence-electron chi connectivity index (χ1n) is 14.6. The second-order valence-corrected chi connectivity index (χ2v) is 13.0. The largest absolute Gasteiger partial charge is 0.461 e. The lowest BCUT2D eigenvalue weighted by Gasteiger charge is -2.33. The SMILES string of the molecule is N#C[C@@H]1CCCN(c2nc(OC[C@@]34CCCN3C[C@H](F)C4)nc3c(F)c(-c4ccc(F)c5sc(N)nc45)c(C(F)(F)F)cc23)C1. The van der Waals surface area contributed by atoms with Crippen molar-refractivity contribution in [3.05, 3.63) is 35.4 Å². The van der Waals surface area contributed by atoms with Gasteiger partial charge in [-0.25, -0.2) is 18.2 Å². The van der Waals surface area contributed by atoms with E-state index in [1.807, 2.05) is 4.90 Å². The third kappa shape index (κ3) is 5.07. The third-order valence-electron chi connectivity index (χ3n) is 9.11. The van der Waals surface area contributed by atoms with Crippen LogP contribution in [0, 0.1) is 28.9 Å². The summed E-state index contributed by atoms with van der Waals surface area (Å²) >= 11 is 0.741. The molecule has 8 nitrogen and oxygen atoms in total. The monoisotopic (exact) mass is 647 g/mol. The van der Waals surface area contributed by atoms with Crippen molar-refractivity contribution in [1.29, 1.82) is 5.26 Å². The number of halogens is 6. The predicted octanol–water partition coefficient (Wildman–Crippen LogP) is 6.48. The molecule has 0 bridgehead atoms. The van der Waals surface area contributed by atoms with Gasteiger partial charge in [-0.2, -0.15) is 28.4 Å². The maximum atomic E-state index is 16.7. The van der Waals surface area contributed by atoms with Crippen LogP contribution in [0.4, 0.5) is 37.3 Å². The van der Waals surface area contributed by atoms with Crippen LogP contribution in [0.2, 0.25) is 0 Å². The molecule has 7 rings (SSSR count). The molecule has 3 atom stereocenters. The normalized spacial score (nSPS) is 24.0. The number of nitrogen functional groups attached to an aromatic ring is 1. The van der Waals surface area contributed by atoms with Gasteiger partial charge in [0.1, 0.15) is 29.9 Å². The molecule has 5 heterocycles. The van der Waals surface area contributed by atoms with Crippen LogP contribution in [0.3, 0.4) is 0 Å². The lowest BCUT2D eigenvalue weighted by atomic mass is 9.94. The lowest BCUT2D eigenvalue weighted by Crippen LogP contribution is -2.43. The summed E-state index contributed by atoms with van der Waals surface area (Å²) in [5, 5.41) is 9.28. The Morgan fingerprint density at radius 3 is 2.71 bits per heavy atom. The minimum atomic E-state index is -5.04. The molecule has 2 aromatic heterocycles. The number of anilines is 2. The lowest BCUT2D eigenvalue weighted by molar-refractivity contribution is -0.137. The van der Waals surface area contributed by atoms with Crippen LogP contribution in [0.1, 0.15) is 37.7 Å². The molecular weight excluding hydrogens is 620 g/mol. The van der Waals surface area contributed by atoms with E-state index in [4.69, 9.17) is 10.5 Å². The second-order valence-electron chi connectivity index (χ2n) is 11.9. The summed E-state index contributed by atoms with van der Waals surface area (Å²) in [6.07, 6.45) is -3.08. The first-order valence-corrected chi connectivity index (χ1v) is 15.4. The van der Waals surface area contributed by atoms with Gasteiger partial charge in [0, 0.05) is 42.6 Å². The van der Waals surface area contributed by atoms with Gasteiger partial charge in [-0.3, -0.25) is 4.90 Å². The Balaban J connectivity index is 1.43. The van der Waals surface area contributed by atoms with Crippen molar-refractivity contribution in [2.24, 2.45) is 5.92 Å². The van der Waals surface area contributed by atoms with Crippen molar-refractivity contribution in [2.45, 2.75) is 50.0 Å². The standard InChI is InChI=1S/C30H27F6N7OS/c31-16-10-29(6-2-8-43(29)13-16)14-44-28-40-23-18(26(41-28)42-7-1-3-15(11-37)12-42)9-19(30(34,35)36)21(22(23)33)17-4-5-20(32)25-24(17)39-27(38)45-25/h4-5,9,15-16H,1-3,6-8,10,12-14H2,(H2,38,39)/t15-,16+,29-/m0/s1. The van der Waals surface area contributed by atoms with E-state index in [2.05, 4.69) is 21.0 Å². The summed E-state index contributed by atoms with van der Waals surface area (Å²) < 4.78 is 95.8. The zero-order valence-corrected chi connectivity index (χ0v) is 24.6. The molecule has 0 saturated carbocycles. The molecule has 0 aliphatic carbocycles. The van der Waals surface area contributed by atoms with Crippen molar-refractivity contribution in [3.63, 3.8) is 0 Å². The van der Waals surface area contributed by atoms with E-state index in [1.54, 1.807) is 4.90 Å². The van der Waals surface area contributed by atoms with E-state index < -0.39 is 52.1 Å². The van der Waals surface area contributed by atoms with Crippen molar-refractivity contribution >= 4 is 43.4 Å². The molecule has 236 valence electrons. The van der Waals surface area contributed by atoms with E-state index in [1.165, 1.54) is 0 Å². The Kier molecular flexibility index (Phi) is 7.20. The topological polar surface area (TPSA) is 104 Å². The van der Waals surface area contributed by atoms with Crippen molar-refractivity contribution in [3.8, 4) is 23.2 Å². The maximum Gasteiger partial charge on any atom is 0.417 e. The number of fused-ring (bicyclic) bond motifs is 3. The Labute approximate surface area is 257 Å². The molecule has 3 fully saturated rings. The van der Waals surface area contributed by atoms with E-state index in [-0.39, 0.29) is 64.2 Å². The Morgan fingerprint density at radius 1 is 1.11 bits per heavy atom. The van der Waals surface area contributed by atoms with Crippen LogP contribution < -0.4 is 15.4 Å². The highest BCUT2D eigenvalue weighted by atomic mass is 32.1. The number of rotatable bonds is 5. The van der Waals surface area contributed by atoms with Gasteiger partial charge >= 0.3 is 12.2 Å². The van der Waals surface area contributed by atoms with Gasteiger partial charge in [0.15, 0.2) is 10.9 Å². The second kappa shape index (κ2) is 10.9. The Morgan fingerprint density at radius 2 is 1.93 bits per heavy atom. The van der Waals surface area contributed by atoms with Crippen LogP contribution in [0.25, 0.3) is 32.2 Å². The smallest absolute Gasteiger partial charge is 0.417 e. The number of ether oxygens (including phenoxy) is 1. The summed E-state index contributed by atoms with van der Waals surface area (Å²) in [6, 6.07) is 4.70. The van der Waals surface area contributed by atoms with Crippen LogP contribution in [0.5, 0.6) is 6.01 Å². The van der Waals surface area contributed by atoms with Gasteiger partial charge in [0.2, 0.25) is 0 Å². The summed E-state index contributed by atoms with van der Waals surface area (Å²) in [6.45, 7) is 1.55. The third-order valence-corrected chi connectivity index (χ3v) is 10.0. The molecule has 3 aliphatic heterocycles. The number of hydrogen-bond acceptors (Lipinski definition) is 9. The van der Waals surface area contributed by atoms with Crippen molar-refractivity contribution < 1.29 is 31.1 Å². The highest BCUT2D eigenvalue weighted by Gasteiger charge is 2.49. The summed E-state index contributed by atoms with van der Waals surface area (Å²) in [5.41, 5.74) is 2.07. The zero-order valence-electron chi connectivity index (χ0n) is 23.8. The van der Waals surface area contributed by atoms with Crippen LogP contribution in [-0.2, 0) is 6.18 Å². The molecule has 15 heteroatoms. The maximum absolute atomic E-state index is 16.7. The van der Waals surface area contributed by atoms with Gasteiger partial charge in [-0.1, -0.05) is 11.3 Å². The Bertz CT molecular complexity index is 1860. The number of thiazole rings is 1. The van der Waals surface area contributed by atoms with Crippen LogP contribution >= 0.6 is 11.3 Å². The number of hydrogen-bond donors (Lipinski definition) is 1. The molecule has 0 amide bonds. The molecule has 0 unspecified atom stereocenters. The average Bonchev–Trinajstić information content (AvgIpc) is 3.67. The molecule has 4 aromatic rings. The number of benzene rings is 2. The number of alkyl halides is 4. The van der Waals surface area contributed by atoms with Crippen LogP contribution in [0.15, 0.2) is 18.2 Å². The highest BCUT2D eigenvalue weighted by molar-refractivity contribution is 7.22. The molecule has 0 radical (unpaired) electrons. The minimum Gasteiger partial charge on any atom is -0.461 e. The van der Waals surface area contributed by atoms with Crippen LogP contribution in [-0.4, -0.2) is 64.3 Å². The average molecular weight is 648 g/mol. The molecule has 45 heavy (non-hydrogen) atoms. The van der Waals surface area contributed by atoms with E-state index in [0.717, 1.165) is 36.0 Å². The van der Waals surface area contributed by atoms with Gasteiger partial charge in [0.25, 0.3) is 0 Å². The molecular formula is C30H27F6N7OS. The summed E-state index contributed by atoms with van der Waals surface area (Å²) in [7, 11) is 0. The minimum absolute atomic E-state index is 0.00336. The number of piperidine rings is 1. The predicted molar refractivity (Wildman–Crippen MR) is 157 cm³/mol. The van der Waals surface area contributed by atoms with Gasteiger partial charge in [0.05, 0.1) is 33.3 Å². The fraction of sp³-hybridized carbons (Fsp3) is 0.467. The Hall–Kier alpha value is -3.90. The summed E-state index contributed by atoms with van der Waals surface area (Å²) in [4.78, 5) is 16.4.